The molecular formula is C16H13IN2O4S. The van der Waals surface area contributed by atoms with E-state index in [1.165, 1.54) is 19.1 Å². The molecule has 2 aromatic carbocycles. The molecule has 0 aliphatic carbocycles. The maximum atomic E-state index is 12.4. The van der Waals surface area contributed by atoms with Gasteiger partial charge in [-0.05, 0) is 65.9 Å². The third-order valence-corrected chi connectivity index (χ3v) is 5.93. The lowest BCUT2D eigenvalue weighted by molar-refractivity contribution is 0.0589. The Morgan fingerprint density at radius 1 is 0.958 bits per heavy atom. The lowest BCUT2D eigenvalue weighted by atomic mass is 10.1. The van der Waals surface area contributed by atoms with Crippen LogP contribution in [0.25, 0.3) is 0 Å². The van der Waals surface area contributed by atoms with Crippen molar-refractivity contribution in [1.29, 1.82) is 0 Å². The van der Waals surface area contributed by atoms with Crippen molar-refractivity contribution in [2.75, 3.05) is 0 Å². The van der Waals surface area contributed by atoms with Gasteiger partial charge in [0.1, 0.15) is 6.17 Å². The number of carbonyl (C=O) groups excluding carboxylic acids is 2. The molecule has 3 rings (SSSR count). The van der Waals surface area contributed by atoms with Crippen LogP contribution in [-0.4, -0.2) is 31.3 Å². The third kappa shape index (κ3) is 2.96. The summed E-state index contributed by atoms with van der Waals surface area (Å²) in [6.45, 7) is 1.46. The molecule has 1 N–H and O–H groups in total. The number of hydrogen-bond donors (Lipinski definition) is 1. The Morgan fingerprint density at radius 2 is 1.46 bits per heavy atom. The molecule has 0 saturated heterocycles. The topological polar surface area (TPSA) is 83.6 Å². The Bertz CT molecular complexity index is 890. The van der Waals surface area contributed by atoms with Gasteiger partial charge < -0.3 is 0 Å². The van der Waals surface area contributed by atoms with E-state index in [-0.39, 0.29) is 16.0 Å². The van der Waals surface area contributed by atoms with Gasteiger partial charge in [-0.3, -0.25) is 14.5 Å². The van der Waals surface area contributed by atoms with E-state index in [1.807, 2.05) is 0 Å². The fraction of sp³-hybridized carbons (Fsp3) is 0.125. The number of nitrogens with zero attached hydrogens (tertiary/aromatic N) is 1. The molecule has 0 spiro atoms. The highest BCUT2D eigenvalue weighted by Gasteiger charge is 2.39. The van der Waals surface area contributed by atoms with Crippen molar-refractivity contribution in [3.05, 3.63) is 63.2 Å². The largest absolute Gasteiger partial charge is 0.269 e. The van der Waals surface area contributed by atoms with Crippen molar-refractivity contribution >= 4 is 44.4 Å². The van der Waals surface area contributed by atoms with E-state index in [2.05, 4.69) is 27.3 Å². The second-order valence-electron chi connectivity index (χ2n) is 5.28. The van der Waals surface area contributed by atoms with E-state index in [0.717, 1.165) is 8.47 Å². The van der Waals surface area contributed by atoms with Gasteiger partial charge in [0.15, 0.2) is 0 Å². The standard InChI is InChI=1S/C16H13IN2O4S/c1-10(18-24(22,23)12-8-6-11(17)7-9-12)19-15(20)13-4-2-3-5-14(13)16(19)21/h2-10,18H,1H3. The zero-order chi connectivity index (χ0) is 17.5. The Morgan fingerprint density at radius 3 is 1.96 bits per heavy atom. The van der Waals surface area contributed by atoms with Gasteiger partial charge in [0.25, 0.3) is 11.8 Å². The van der Waals surface area contributed by atoms with Gasteiger partial charge in [-0.1, -0.05) is 12.1 Å². The maximum absolute atomic E-state index is 12.4. The van der Waals surface area contributed by atoms with Crippen LogP contribution in [0.5, 0.6) is 0 Å². The summed E-state index contributed by atoms with van der Waals surface area (Å²) in [5, 5.41) is 0. The molecule has 0 radical (unpaired) electrons. The third-order valence-electron chi connectivity index (χ3n) is 3.66. The molecule has 1 heterocycles. The van der Waals surface area contributed by atoms with Crippen molar-refractivity contribution in [3.8, 4) is 0 Å². The van der Waals surface area contributed by atoms with Crippen LogP contribution in [-0.2, 0) is 10.0 Å². The number of sulfonamides is 1. The van der Waals surface area contributed by atoms with E-state index in [4.69, 9.17) is 0 Å². The zero-order valence-corrected chi connectivity index (χ0v) is 15.5. The van der Waals surface area contributed by atoms with E-state index in [9.17, 15) is 18.0 Å². The average Bonchev–Trinajstić information content (AvgIpc) is 2.79. The summed E-state index contributed by atoms with van der Waals surface area (Å²) < 4.78 is 28.2. The number of nitrogens with one attached hydrogen (secondary N) is 1. The Labute approximate surface area is 153 Å². The molecule has 8 heteroatoms. The van der Waals surface area contributed by atoms with Crippen molar-refractivity contribution < 1.29 is 18.0 Å². The van der Waals surface area contributed by atoms with Gasteiger partial charge in [0.2, 0.25) is 10.0 Å². The SMILES string of the molecule is CC(NS(=O)(=O)c1ccc(I)cc1)N1C(=O)c2ccccc2C1=O. The summed E-state index contributed by atoms with van der Waals surface area (Å²) in [5.74, 6) is -1.01. The number of benzene rings is 2. The monoisotopic (exact) mass is 456 g/mol. The Hall–Kier alpha value is -1.78. The number of amides is 2. The first kappa shape index (κ1) is 17.1. The van der Waals surface area contributed by atoms with Gasteiger partial charge >= 0.3 is 0 Å². The van der Waals surface area contributed by atoms with Gasteiger partial charge in [0, 0.05) is 3.57 Å². The van der Waals surface area contributed by atoms with Gasteiger partial charge in [-0.25, -0.2) is 8.42 Å². The number of imide groups is 1. The highest BCUT2D eigenvalue weighted by molar-refractivity contribution is 14.1. The van der Waals surface area contributed by atoms with Crippen LogP contribution >= 0.6 is 22.6 Å². The van der Waals surface area contributed by atoms with Crippen molar-refractivity contribution in [2.45, 2.75) is 18.0 Å². The molecule has 0 saturated carbocycles. The predicted molar refractivity (Wildman–Crippen MR) is 95.9 cm³/mol. The van der Waals surface area contributed by atoms with Crippen LogP contribution in [0.1, 0.15) is 27.6 Å². The minimum atomic E-state index is -3.85. The summed E-state index contributed by atoms with van der Waals surface area (Å²) in [7, 11) is -3.85. The molecule has 0 aromatic heterocycles. The summed E-state index contributed by atoms with van der Waals surface area (Å²) in [6.07, 6.45) is -0.998. The molecule has 124 valence electrons. The van der Waals surface area contributed by atoms with E-state index < -0.39 is 28.0 Å². The lowest BCUT2D eigenvalue weighted by Crippen LogP contribution is -2.48. The number of hydrogen-bond acceptors (Lipinski definition) is 4. The molecule has 0 fully saturated rings. The Balaban J connectivity index is 1.86. The van der Waals surface area contributed by atoms with Crippen LogP contribution in [0, 0.1) is 3.57 Å². The van der Waals surface area contributed by atoms with Crippen LogP contribution < -0.4 is 4.72 Å². The van der Waals surface area contributed by atoms with Gasteiger partial charge in [0.05, 0.1) is 16.0 Å². The molecule has 0 bridgehead atoms. The van der Waals surface area contributed by atoms with E-state index in [0.29, 0.717) is 0 Å². The molecule has 24 heavy (non-hydrogen) atoms. The highest BCUT2D eigenvalue weighted by Crippen LogP contribution is 2.24. The fourth-order valence-electron chi connectivity index (χ4n) is 2.52. The number of fused-ring (bicyclic) bond motifs is 1. The minimum absolute atomic E-state index is 0.0753. The summed E-state index contributed by atoms with van der Waals surface area (Å²) in [5.41, 5.74) is 0.561. The average molecular weight is 456 g/mol. The molecule has 2 aromatic rings. The van der Waals surface area contributed by atoms with Crippen molar-refractivity contribution in [3.63, 3.8) is 0 Å². The fourth-order valence-corrected chi connectivity index (χ4v) is 4.06. The van der Waals surface area contributed by atoms with E-state index >= 15 is 0 Å². The normalized spacial score (nSPS) is 15.5. The summed E-state index contributed by atoms with van der Waals surface area (Å²) in [6, 6.07) is 12.7. The molecule has 1 aliphatic rings. The van der Waals surface area contributed by atoms with Crippen LogP contribution in [0.4, 0.5) is 0 Å². The van der Waals surface area contributed by atoms with Gasteiger partial charge in [-0.2, -0.15) is 4.72 Å². The smallest absolute Gasteiger partial charge is 0.262 e. The lowest BCUT2D eigenvalue weighted by Gasteiger charge is -2.23. The number of rotatable bonds is 4. The van der Waals surface area contributed by atoms with Crippen LogP contribution in [0.15, 0.2) is 53.4 Å². The number of carbonyl (C=O) groups is 2. The summed E-state index contributed by atoms with van der Waals surface area (Å²) in [4.78, 5) is 25.8. The molecule has 1 atom stereocenters. The van der Waals surface area contributed by atoms with Crippen molar-refractivity contribution in [2.24, 2.45) is 0 Å². The Kier molecular flexibility index (Phi) is 4.45. The molecule has 1 unspecified atom stereocenters. The maximum Gasteiger partial charge on any atom is 0.262 e. The first-order chi connectivity index (χ1) is 11.3. The van der Waals surface area contributed by atoms with Crippen LogP contribution in [0.2, 0.25) is 0 Å². The van der Waals surface area contributed by atoms with Crippen LogP contribution in [0.3, 0.4) is 0 Å². The predicted octanol–water partition coefficient (Wildman–Crippen LogP) is 2.21. The van der Waals surface area contributed by atoms with Gasteiger partial charge in [-0.15, -0.1) is 0 Å². The molecule has 1 aliphatic heterocycles. The first-order valence-electron chi connectivity index (χ1n) is 7.06. The first-order valence-corrected chi connectivity index (χ1v) is 9.62. The highest BCUT2D eigenvalue weighted by atomic mass is 127. The summed E-state index contributed by atoms with van der Waals surface area (Å²) >= 11 is 2.07. The zero-order valence-electron chi connectivity index (χ0n) is 12.6. The van der Waals surface area contributed by atoms with Crippen molar-refractivity contribution in [1.82, 2.24) is 9.62 Å². The van der Waals surface area contributed by atoms with E-state index in [1.54, 1.807) is 36.4 Å². The molecule has 6 nitrogen and oxygen atoms in total. The quantitative estimate of drug-likeness (QED) is 0.565. The molecular weight excluding hydrogens is 443 g/mol. The second-order valence-corrected chi connectivity index (χ2v) is 8.24. The molecule has 2 amide bonds. The number of halogens is 1. The second kappa shape index (κ2) is 6.26. The minimum Gasteiger partial charge on any atom is -0.269 e.